The lowest BCUT2D eigenvalue weighted by molar-refractivity contribution is -0.134. The zero-order chi connectivity index (χ0) is 19.7. The van der Waals surface area contributed by atoms with Gasteiger partial charge >= 0.3 is 0 Å². The average molecular weight is 421 g/mol. The number of nitrogens with zero attached hydrogens (tertiary/aromatic N) is 2. The Morgan fingerprint density at radius 1 is 1.14 bits per heavy atom. The van der Waals surface area contributed by atoms with Crippen LogP contribution >= 0.6 is 11.6 Å². The highest BCUT2D eigenvalue weighted by molar-refractivity contribution is 7.87. The fourth-order valence-electron chi connectivity index (χ4n) is 3.97. The van der Waals surface area contributed by atoms with Crippen LogP contribution in [0, 0.1) is 0 Å². The summed E-state index contributed by atoms with van der Waals surface area (Å²) in [5.74, 6) is 1.10. The molecule has 4 rings (SSSR count). The van der Waals surface area contributed by atoms with Gasteiger partial charge in [0.25, 0.3) is 0 Å². The van der Waals surface area contributed by atoms with Crippen LogP contribution in [0.5, 0.6) is 0 Å². The molecular weight excluding hydrogens is 400 g/mol. The second-order valence-corrected chi connectivity index (χ2v) is 9.07. The van der Waals surface area contributed by atoms with Crippen LogP contribution in [0.2, 0.25) is 0 Å². The predicted molar refractivity (Wildman–Crippen MR) is 107 cm³/mol. The number of amides is 2. The number of carbonyl (C=O) groups is 2. The van der Waals surface area contributed by atoms with Crippen molar-refractivity contribution in [1.82, 2.24) is 9.80 Å². The number of hydrogen-bond donors (Lipinski definition) is 0. The number of rotatable bonds is 4. The molecule has 1 aromatic heterocycles. The zero-order valence-corrected chi connectivity index (χ0v) is 16.9. The van der Waals surface area contributed by atoms with E-state index in [1.165, 1.54) is 0 Å². The fraction of sp³-hybridized carbons (Fsp3) is 0.400. The largest absolute Gasteiger partial charge is 0.459 e. The van der Waals surface area contributed by atoms with Crippen LogP contribution in [-0.2, 0) is 26.9 Å². The summed E-state index contributed by atoms with van der Waals surface area (Å²) in [7, 11) is -1.30. The van der Waals surface area contributed by atoms with Crippen LogP contribution in [0.1, 0.15) is 18.6 Å². The molecular formula is C20H21ClN2O4S. The minimum Gasteiger partial charge on any atom is -0.459 e. The quantitative estimate of drug-likeness (QED) is 0.713. The molecule has 2 saturated heterocycles. The Kier molecular flexibility index (Phi) is 5.29. The molecule has 1 unspecified atom stereocenters. The third-order valence-electron chi connectivity index (χ3n) is 5.52. The van der Waals surface area contributed by atoms with Crippen molar-refractivity contribution < 1.29 is 18.2 Å². The van der Waals surface area contributed by atoms with Gasteiger partial charge in [-0.3, -0.25) is 13.8 Å². The number of carbonyl (C=O) groups excluding carboxylic acids is 2. The number of hydrogen-bond acceptors (Lipinski definition) is 4. The molecule has 2 fully saturated rings. The summed E-state index contributed by atoms with van der Waals surface area (Å²) in [5.41, 5.74) is 0.965. The molecule has 8 heteroatoms. The Balaban J connectivity index is 1.53. The first-order chi connectivity index (χ1) is 13.5. The van der Waals surface area contributed by atoms with E-state index in [2.05, 4.69) is 0 Å². The van der Waals surface area contributed by atoms with E-state index in [1.807, 2.05) is 42.5 Å². The first kappa shape index (κ1) is 19.2. The van der Waals surface area contributed by atoms with Crippen molar-refractivity contribution >= 4 is 34.2 Å². The Morgan fingerprint density at radius 2 is 1.86 bits per heavy atom. The highest BCUT2D eigenvalue weighted by atomic mass is 35.5. The number of piperidine rings is 1. The summed E-state index contributed by atoms with van der Waals surface area (Å²) >= 11 is 5.65. The lowest BCUT2D eigenvalue weighted by atomic mass is 10.0. The smallest absolute Gasteiger partial charge is 0.237 e. The third kappa shape index (κ3) is 3.37. The lowest BCUT2D eigenvalue weighted by Crippen LogP contribution is -2.55. The molecule has 148 valence electrons. The van der Waals surface area contributed by atoms with Crippen LogP contribution in [0.25, 0.3) is 11.3 Å². The predicted octanol–water partition coefficient (Wildman–Crippen LogP) is 2.60. The number of furan rings is 1. The second-order valence-electron chi connectivity index (χ2n) is 7.06. The molecule has 2 aliphatic heterocycles. The summed E-state index contributed by atoms with van der Waals surface area (Å²) in [6.07, 6.45) is 0.973. The van der Waals surface area contributed by atoms with Crippen LogP contribution in [0.4, 0.5) is 0 Å². The lowest BCUT2D eigenvalue weighted by Gasteiger charge is -2.43. The van der Waals surface area contributed by atoms with Crippen molar-refractivity contribution in [1.29, 1.82) is 0 Å². The molecule has 1 atom stereocenters. The molecule has 0 bridgehead atoms. The van der Waals surface area contributed by atoms with E-state index in [1.54, 1.807) is 9.80 Å². The summed E-state index contributed by atoms with van der Waals surface area (Å²) in [4.78, 5) is 27.1. The van der Waals surface area contributed by atoms with Gasteiger partial charge in [-0.05, 0) is 12.1 Å². The molecule has 2 amide bonds. The summed E-state index contributed by atoms with van der Waals surface area (Å²) < 4.78 is 18.8. The van der Waals surface area contributed by atoms with Gasteiger partial charge in [-0.2, -0.15) is 0 Å². The molecule has 0 radical (unpaired) electrons. The van der Waals surface area contributed by atoms with Gasteiger partial charge in [0, 0.05) is 31.5 Å². The van der Waals surface area contributed by atoms with Crippen molar-refractivity contribution in [2.45, 2.75) is 24.3 Å². The minimum absolute atomic E-state index is 0.0235. The SMILES string of the molecule is O=C(CCl)N1CCC2(CC1)N(Cc1ccc(-c3ccccc3)o1)C(=O)CS2=O. The molecule has 0 N–H and O–H groups in total. The van der Waals surface area contributed by atoms with E-state index in [0.29, 0.717) is 31.7 Å². The maximum absolute atomic E-state index is 12.8. The molecule has 3 heterocycles. The third-order valence-corrected chi connectivity index (χ3v) is 7.73. The Bertz CT molecular complexity index is 906. The summed E-state index contributed by atoms with van der Waals surface area (Å²) in [6.45, 7) is 1.18. The highest BCUT2D eigenvalue weighted by Crippen LogP contribution is 2.39. The van der Waals surface area contributed by atoms with Crippen molar-refractivity contribution in [3.63, 3.8) is 0 Å². The standard InChI is InChI=1S/C20H21ClN2O4S/c21-12-18(24)22-10-8-20(9-11-22)23(19(25)14-28(20)26)13-16-6-7-17(27-16)15-4-2-1-3-5-15/h1-7H,8-14H2. The summed E-state index contributed by atoms with van der Waals surface area (Å²) in [5, 5.41) is 0. The van der Waals surface area contributed by atoms with E-state index < -0.39 is 15.7 Å². The zero-order valence-electron chi connectivity index (χ0n) is 15.3. The van der Waals surface area contributed by atoms with E-state index in [0.717, 1.165) is 11.3 Å². The Morgan fingerprint density at radius 3 is 2.54 bits per heavy atom. The topological polar surface area (TPSA) is 70.8 Å². The van der Waals surface area contributed by atoms with Gasteiger partial charge < -0.3 is 14.2 Å². The normalized spacial score (nSPS) is 21.5. The highest BCUT2D eigenvalue weighted by Gasteiger charge is 2.53. The average Bonchev–Trinajstić information content (AvgIpc) is 3.28. The Labute approximate surface area is 170 Å². The van der Waals surface area contributed by atoms with Gasteiger partial charge in [-0.1, -0.05) is 30.3 Å². The summed E-state index contributed by atoms with van der Waals surface area (Å²) in [6, 6.07) is 13.5. The van der Waals surface area contributed by atoms with Crippen molar-refractivity contribution in [2.75, 3.05) is 24.7 Å². The molecule has 1 aromatic carbocycles. The van der Waals surface area contributed by atoms with Gasteiger partial charge in [0.1, 0.15) is 28.0 Å². The molecule has 1 spiro atoms. The van der Waals surface area contributed by atoms with Gasteiger partial charge in [0.2, 0.25) is 11.8 Å². The van der Waals surface area contributed by atoms with Crippen molar-refractivity contribution in [3.05, 3.63) is 48.2 Å². The first-order valence-electron chi connectivity index (χ1n) is 9.20. The van der Waals surface area contributed by atoms with Crippen molar-refractivity contribution in [2.24, 2.45) is 0 Å². The van der Waals surface area contributed by atoms with Crippen LogP contribution in [0.15, 0.2) is 46.9 Å². The monoisotopic (exact) mass is 420 g/mol. The van der Waals surface area contributed by atoms with E-state index in [4.69, 9.17) is 16.0 Å². The number of halogens is 1. The van der Waals surface area contributed by atoms with E-state index in [9.17, 15) is 13.8 Å². The second kappa shape index (κ2) is 7.72. The van der Waals surface area contributed by atoms with Crippen LogP contribution in [0.3, 0.4) is 0 Å². The molecule has 2 aromatic rings. The molecule has 2 aliphatic rings. The van der Waals surface area contributed by atoms with Crippen molar-refractivity contribution in [3.8, 4) is 11.3 Å². The van der Waals surface area contributed by atoms with Gasteiger partial charge in [0.15, 0.2) is 0 Å². The van der Waals surface area contributed by atoms with Gasteiger partial charge in [-0.25, -0.2) is 0 Å². The van der Waals surface area contributed by atoms with E-state index >= 15 is 0 Å². The molecule has 28 heavy (non-hydrogen) atoms. The van der Waals surface area contributed by atoms with E-state index in [-0.39, 0.29) is 30.0 Å². The number of alkyl halides is 1. The number of likely N-dealkylation sites (tertiary alicyclic amines) is 1. The molecule has 6 nitrogen and oxygen atoms in total. The Hall–Kier alpha value is -2.12. The molecule has 0 saturated carbocycles. The van der Waals surface area contributed by atoms with Crippen LogP contribution < -0.4 is 0 Å². The maximum Gasteiger partial charge on any atom is 0.237 e. The first-order valence-corrected chi connectivity index (χ1v) is 11.1. The van der Waals surface area contributed by atoms with Gasteiger partial charge in [0.05, 0.1) is 17.3 Å². The maximum atomic E-state index is 12.8. The molecule has 0 aliphatic carbocycles. The minimum atomic E-state index is -1.30. The fourth-order valence-corrected chi connectivity index (χ4v) is 5.84. The van der Waals surface area contributed by atoms with Crippen LogP contribution in [-0.4, -0.2) is 55.4 Å². The van der Waals surface area contributed by atoms with Gasteiger partial charge in [-0.15, -0.1) is 11.6 Å². The number of benzene rings is 1.